The lowest BCUT2D eigenvalue weighted by Gasteiger charge is -2.20. The molecule has 0 saturated carbocycles. The average molecular weight is 398 g/mol. The van der Waals surface area contributed by atoms with E-state index in [0.717, 1.165) is 16.8 Å². The minimum absolute atomic E-state index is 0.0364. The van der Waals surface area contributed by atoms with Crippen molar-refractivity contribution in [3.63, 3.8) is 0 Å². The van der Waals surface area contributed by atoms with E-state index in [1.165, 1.54) is 42.5 Å². The molecule has 0 aliphatic heterocycles. The van der Waals surface area contributed by atoms with Gasteiger partial charge < -0.3 is 4.74 Å². The van der Waals surface area contributed by atoms with Gasteiger partial charge in [-0.05, 0) is 49.7 Å². The molecule has 144 valence electrons. The van der Waals surface area contributed by atoms with E-state index in [1.54, 1.807) is 10.3 Å². The van der Waals surface area contributed by atoms with Gasteiger partial charge in [-0.2, -0.15) is 0 Å². The summed E-state index contributed by atoms with van der Waals surface area (Å²) >= 11 is 1.30. The lowest BCUT2D eigenvalue weighted by Crippen LogP contribution is -2.23. The highest BCUT2D eigenvalue weighted by molar-refractivity contribution is 7.14. The van der Waals surface area contributed by atoms with Crippen LogP contribution in [0.3, 0.4) is 0 Å². The molecule has 0 aliphatic carbocycles. The first kappa shape index (κ1) is 19.7. The van der Waals surface area contributed by atoms with Crippen LogP contribution in [0.2, 0.25) is 0 Å². The van der Waals surface area contributed by atoms with E-state index < -0.39 is 11.8 Å². The SMILES string of the molecule is CC(=O)N(c1nc(COC(=O)c2ccc(F)cc2)cs1)c1ccc(C)cc1C. The number of hydrogen-bond acceptors (Lipinski definition) is 5. The Balaban J connectivity index is 1.75. The molecular formula is C21H19FN2O3S. The maximum atomic E-state index is 12.9. The van der Waals surface area contributed by atoms with Gasteiger partial charge in [0, 0.05) is 12.3 Å². The Morgan fingerprint density at radius 2 is 1.86 bits per heavy atom. The van der Waals surface area contributed by atoms with Gasteiger partial charge in [0.05, 0.1) is 16.9 Å². The van der Waals surface area contributed by atoms with Crippen molar-refractivity contribution in [2.24, 2.45) is 0 Å². The summed E-state index contributed by atoms with van der Waals surface area (Å²) in [7, 11) is 0. The van der Waals surface area contributed by atoms with Gasteiger partial charge in [0.15, 0.2) is 5.13 Å². The van der Waals surface area contributed by atoms with Crippen LogP contribution in [0.15, 0.2) is 47.8 Å². The number of nitrogens with zero attached hydrogens (tertiary/aromatic N) is 2. The van der Waals surface area contributed by atoms with E-state index in [4.69, 9.17) is 4.74 Å². The first-order chi connectivity index (χ1) is 13.3. The van der Waals surface area contributed by atoms with Crippen molar-refractivity contribution in [3.8, 4) is 0 Å². The zero-order valence-corrected chi connectivity index (χ0v) is 16.5. The first-order valence-corrected chi connectivity index (χ1v) is 9.48. The van der Waals surface area contributed by atoms with Gasteiger partial charge >= 0.3 is 5.97 Å². The van der Waals surface area contributed by atoms with Gasteiger partial charge in [0.25, 0.3) is 0 Å². The van der Waals surface area contributed by atoms with E-state index in [0.29, 0.717) is 10.8 Å². The topological polar surface area (TPSA) is 59.5 Å². The molecule has 1 aromatic heterocycles. The zero-order valence-electron chi connectivity index (χ0n) is 15.7. The fourth-order valence-corrected chi connectivity index (χ4v) is 3.60. The Labute approximate surface area is 166 Å². The number of benzene rings is 2. The number of aromatic nitrogens is 1. The molecule has 0 atom stereocenters. The molecular weight excluding hydrogens is 379 g/mol. The number of esters is 1. The minimum Gasteiger partial charge on any atom is -0.456 e. The predicted molar refractivity (Wildman–Crippen MR) is 106 cm³/mol. The van der Waals surface area contributed by atoms with Crippen molar-refractivity contribution in [1.29, 1.82) is 0 Å². The molecule has 3 aromatic rings. The molecule has 0 radical (unpaired) electrons. The maximum absolute atomic E-state index is 12.9. The number of carbonyl (C=O) groups is 2. The van der Waals surface area contributed by atoms with Crippen molar-refractivity contribution in [1.82, 2.24) is 4.98 Å². The second kappa shape index (κ2) is 8.31. The highest BCUT2D eigenvalue weighted by Crippen LogP contribution is 2.31. The number of ether oxygens (including phenoxy) is 1. The van der Waals surface area contributed by atoms with Crippen LogP contribution < -0.4 is 4.90 Å². The molecule has 0 N–H and O–H groups in total. The highest BCUT2D eigenvalue weighted by atomic mass is 32.1. The smallest absolute Gasteiger partial charge is 0.338 e. The van der Waals surface area contributed by atoms with E-state index in [9.17, 15) is 14.0 Å². The number of amides is 1. The average Bonchev–Trinajstić information content (AvgIpc) is 3.10. The summed E-state index contributed by atoms with van der Waals surface area (Å²) in [6.07, 6.45) is 0. The summed E-state index contributed by atoms with van der Waals surface area (Å²) in [6, 6.07) is 11.0. The fraction of sp³-hybridized carbons (Fsp3) is 0.190. The third kappa shape index (κ3) is 4.43. The quantitative estimate of drug-likeness (QED) is 0.571. The summed E-state index contributed by atoms with van der Waals surface area (Å²) in [5.74, 6) is -1.14. The number of carbonyl (C=O) groups excluding carboxylic acids is 2. The summed E-state index contributed by atoms with van der Waals surface area (Å²) in [5.41, 5.74) is 3.64. The van der Waals surface area contributed by atoms with Crippen LogP contribution >= 0.6 is 11.3 Å². The molecule has 0 aliphatic rings. The third-order valence-electron chi connectivity index (χ3n) is 4.07. The molecule has 0 bridgehead atoms. The van der Waals surface area contributed by atoms with Crippen molar-refractivity contribution < 1.29 is 18.7 Å². The van der Waals surface area contributed by atoms with Crippen LogP contribution in [0, 0.1) is 19.7 Å². The zero-order chi connectivity index (χ0) is 20.3. The van der Waals surface area contributed by atoms with Crippen LogP contribution in [-0.4, -0.2) is 16.9 Å². The molecule has 7 heteroatoms. The van der Waals surface area contributed by atoms with Gasteiger partial charge in [-0.25, -0.2) is 14.2 Å². The van der Waals surface area contributed by atoms with Gasteiger partial charge in [-0.1, -0.05) is 17.7 Å². The maximum Gasteiger partial charge on any atom is 0.338 e. The Morgan fingerprint density at radius 1 is 1.14 bits per heavy atom. The Morgan fingerprint density at radius 3 is 2.50 bits per heavy atom. The normalized spacial score (nSPS) is 10.6. The van der Waals surface area contributed by atoms with Crippen molar-refractivity contribution in [3.05, 3.63) is 76.0 Å². The predicted octanol–water partition coefficient (Wildman–Crippen LogP) is 4.94. The molecule has 3 rings (SSSR count). The largest absolute Gasteiger partial charge is 0.456 e. The van der Waals surface area contributed by atoms with Gasteiger partial charge in [0.1, 0.15) is 12.4 Å². The number of anilines is 2. The van der Waals surface area contributed by atoms with Crippen LogP contribution in [0.4, 0.5) is 15.2 Å². The lowest BCUT2D eigenvalue weighted by molar-refractivity contribution is -0.115. The Bertz CT molecular complexity index is 1010. The van der Waals surface area contributed by atoms with E-state index in [-0.39, 0.29) is 18.1 Å². The molecule has 1 amide bonds. The van der Waals surface area contributed by atoms with Crippen molar-refractivity contribution >= 4 is 34.0 Å². The fourth-order valence-electron chi connectivity index (χ4n) is 2.74. The number of aryl methyl sites for hydroxylation is 2. The molecule has 28 heavy (non-hydrogen) atoms. The molecule has 0 fully saturated rings. The van der Waals surface area contributed by atoms with Crippen LogP contribution in [0.1, 0.15) is 34.1 Å². The summed E-state index contributed by atoms with van der Waals surface area (Å²) in [4.78, 5) is 30.3. The van der Waals surface area contributed by atoms with Crippen LogP contribution in [-0.2, 0) is 16.1 Å². The number of hydrogen-bond donors (Lipinski definition) is 0. The molecule has 5 nitrogen and oxygen atoms in total. The second-order valence-corrected chi connectivity index (χ2v) is 7.19. The van der Waals surface area contributed by atoms with Crippen LogP contribution in [0.5, 0.6) is 0 Å². The summed E-state index contributed by atoms with van der Waals surface area (Å²) in [5, 5.41) is 2.25. The summed E-state index contributed by atoms with van der Waals surface area (Å²) < 4.78 is 18.2. The Kier molecular flexibility index (Phi) is 5.84. The Hall–Kier alpha value is -3.06. The monoisotopic (exact) mass is 398 g/mol. The number of halogens is 1. The van der Waals surface area contributed by atoms with Gasteiger partial charge in [-0.3, -0.25) is 9.69 Å². The molecule has 0 saturated heterocycles. The van der Waals surface area contributed by atoms with E-state index >= 15 is 0 Å². The van der Waals surface area contributed by atoms with E-state index in [2.05, 4.69) is 4.98 Å². The molecule has 2 aromatic carbocycles. The third-order valence-corrected chi connectivity index (χ3v) is 4.94. The molecule has 0 spiro atoms. The molecule has 0 unspecified atom stereocenters. The van der Waals surface area contributed by atoms with Crippen molar-refractivity contribution in [2.45, 2.75) is 27.4 Å². The van der Waals surface area contributed by atoms with Crippen molar-refractivity contribution in [2.75, 3.05) is 4.90 Å². The summed E-state index contributed by atoms with van der Waals surface area (Å²) in [6.45, 7) is 5.38. The molecule has 1 heterocycles. The number of thiazole rings is 1. The van der Waals surface area contributed by atoms with Gasteiger partial charge in [0.2, 0.25) is 5.91 Å². The van der Waals surface area contributed by atoms with Gasteiger partial charge in [-0.15, -0.1) is 11.3 Å². The number of rotatable bonds is 5. The van der Waals surface area contributed by atoms with E-state index in [1.807, 2.05) is 32.0 Å². The van der Waals surface area contributed by atoms with Crippen LogP contribution in [0.25, 0.3) is 0 Å². The second-order valence-electron chi connectivity index (χ2n) is 6.35. The first-order valence-electron chi connectivity index (χ1n) is 8.60. The standard InChI is InChI=1S/C21H19FN2O3S/c1-13-4-9-19(14(2)10-13)24(15(3)25)21-23-18(12-28-21)11-27-20(26)16-5-7-17(22)8-6-16/h4-10,12H,11H2,1-3H3. The lowest BCUT2D eigenvalue weighted by atomic mass is 10.1. The minimum atomic E-state index is -0.563. The highest BCUT2D eigenvalue weighted by Gasteiger charge is 2.20.